The summed E-state index contributed by atoms with van der Waals surface area (Å²) in [4.78, 5) is 24.6. The van der Waals surface area contributed by atoms with E-state index in [1.54, 1.807) is 0 Å². The van der Waals surface area contributed by atoms with Gasteiger partial charge in [-0.15, -0.1) is 0 Å². The second-order valence-electron chi connectivity index (χ2n) is 5.14. The first-order chi connectivity index (χ1) is 7.74. The molecule has 1 fully saturated rings. The second kappa shape index (κ2) is 5.35. The van der Waals surface area contributed by atoms with E-state index in [1.165, 1.54) is 23.8 Å². The first-order valence-corrected chi connectivity index (χ1v) is 6.62. The third kappa shape index (κ3) is 3.96. The van der Waals surface area contributed by atoms with Crippen molar-refractivity contribution in [2.45, 2.75) is 32.4 Å². The summed E-state index contributed by atoms with van der Waals surface area (Å²) in [6.45, 7) is 6.15. The summed E-state index contributed by atoms with van der Waals surface area (Å²) < 4.78 is 5.01. The molecule has 1 unspecified atom stereocenters. The molecule has 0 aromatic rings. The van der Waals surface area contributed by atoms with Crippen LogP contribution in [0.15, 0.2) is 0 Å². The maximum absolute atomic E-state index is 12.1. The smallest absolute Gasteiger partial charge is 0.325 e. The SMILES string of the molecule is COC(=O)CN1C(=O)C(CC(C)(C)C)SC1=S. The van der Waals surface area contributed by atoms with Crippen LogP contribution in [0.3, 0.4) is 0 Å². The van der Waals surface area contributed by atoms with Gasteiger partial charge < -0.3 is 4.74 Å². The predicted octanol–water partition coefficient (Wildman–Crippen LogP) is 1.82. The minimum Gasteiger partial charge on any atom is -0.468 e. The summed E-state index contributed by atoms with van der Waals surface area (Å²) in [7, 11) is 1.30. The number of carbonyl (C=O) groups excluding carboxylic acids is 2. The summed E-state index contributed by atoms with van der Waals surface area (Å²) in [6.07, 6.45) is 0.744. The monoisotopic (exact) mass is 275 g/mol. The standard InChI is InChI=1S/C11H17NO3S2/c1-11(2,3)5-7-9(14)12(10(16)17-7)6-8(13)15-4/h7H,5-6H2,1-4H3. The zero-order valence-electron chi connectivity index (χ0n) is 10.5. The lowest BCUT2D eigenvalue weighted by Crippen LogP contribution is -2.37. The number of ether oxygens (including phenoxy) is 1. The van der Waals surface area contributed by atoms with E-state index in [-0.39, 0.29) is 23.1 Å². The summed E-state index contributed by atoms with van der Waals surface area (Å²) in [5.74, 6) is -0.530. The van der Waals surface area contributed by atoms with E-state index in [2.05, 4.69) is 25.5 Å². The Kier molecular flexibility index (Phi) is 4.55. The molecule has 0 aromatic carbocycles. The Morgan fingerprint density at radius 1 is 1.53 bits per heavy atom. The molecular formula is C11H17NO3S2. The minimum atomic E-state index is -0.447. The van der Waals surface area contributed by atoms with Gasteiger partial charge in [0.25, 0.3) is 0 Å². The van der Waals surface area contributed by atoms with E-state index in [0.717, 1.165) is 6.42 Å². The maximum Gasteiger partial charge on any atom is 0.325 e. The van der Waals surface area contributed by atoms with Crippen LogP contribution in [-0.4, -0.2) is 40.0 Å². The van der Waals surface area contributed by atoms with Gasteiger partial charge in [-0.25, -0.2) is 0 Å². The van der Waals surface area contributed by atoms with Gasteiger partial charge in [0, 0.05) is 0 Å². The first kappa shape index (κ1) is 14.4. The summed E-state index contributed by atoms with van der Waals surface area (Å²) in [5.41, 5.74) is 0.0597. The molecule has 1 atom stereocenters. The highest BCUT2D eigenvalue weighted by atomic mass is 32.2. The van der Waals surface area contributed by atoms with Crippen LogP contribution >= 0.6 is 24.0 Å². The van der Waals surface area contributed by atoms with E-state index in [1.807, 2.05) is 0 Å². The Morgan fingerprint density at radius 3 is 2.59 bits per heavy atom. The van der Waals surface area contributed by atoms with Crippen LogP contribution in [0.4, 0.5) is 0 Å². The molecule has 1 amide bonds. The maximum atomic E-state index is 12.1. The van der Waals surface area contributed by atoms with Gasteiger partial charge in [0.1, 0.15) is 10.9 Å². The third-order valence-electron chi connectivity index (χ3n) is 2.32. The van der Waals surface area contributed by atoms with E-state index in [0.29, 0.717) is 4.32 Å². The van der Waals surface area contributed by atoms with Crippen molar-refractivity contribution in [1.29, 1.82) is 0 Å². The molecule has 1 saturated heterocycles. The molecule has 4 nitrogen and oxygen atoms in total. The van der Waals surface area contributed by atoms with E-state index >= 15 is 0 Å². The van der Waals surface area contributed by atoms with Gasteiger partial charge in [-0.3, -0.25) is 14.5 Å². The van der Waals surface area contributed by atoms with Crippen molar-refractivity contribution >= 4 is 40.2 Å². The van der Waals surface area contributed by atoms with Crippen LogP contribution in [0.1, 0.15) is 27.2 Å². The van der Waals surface area contributed by atoms with Crippen molar-refractivity contribution in [3.05, 3.63) is 0 Å². The molecule has 1 rings (SSSR count). The fourth-order valence-electron chi connectivity index (χ4n) is 1.52. The first-order valence-electron chi connectivity index (χ1n) is 5.33. The van der Waals surface area contributed by atoms with Gasteiger partial charge >= 0.3 is 5.97 Å². The van der Waals surface area contributed by atoms with Crippen molar-refractivity contribution in [1.82, 2.24) is 4.90 Å². The molecule has 0 N–H and O–H groups in total. The highest BCUT2D eigenvalue weighted by Crippen LogP contribution is 2.35. The van der Waals surface area contributed by atoms with E-state index in [4.69, 9.17) is 12.2 Å². The van der Waals surface area contributed by atoms with Crippen LogP contribution < -0.4 is 0 Å². The highest BCUT2D eigenvalue weighted by molar-refractivity contribution is 8.24. The Bertz CT molecular complexity index is 349. The lowest BCUT2D eigenvalue weighted by atomic mass is 9.90. The molecule has 6 heteroatoms. The molecule has 17 heavy (non-hydrogen) atoms. The number of hydrogen-bond acceptors (Lipinski definition) is 5. The molecule has 0 aliphatic carbocycles. The average Bonchev–Trinajstić information content (AvgIpc) is 2.43. The predicted molar refractivity (Wildman–Crippen MR) is 71.8 cm³/mol. The number of methoxy groups -OCH3 is 1. The molecule has 0 bridgehead atoms. The van der Waals surface area contributed by atoms with Crippen molar-refractivity contribution in [2.24, 2.45) is 5.41 Å². The average molecular weight is 275 g/mol. The third-order valence-corrected chi connectivity index (χ3v) is 3.90. The van der Waals surface area contributed by atoms with Gasteiger partial charge in [0.2, 0.25) is 5.91 Å². The number of amides is 1. The molecule has 0 radical (unpaired) electrons. The largest absolute Gasteiger partial charge is 0.468 e. The summed E-state index contributed by atoms with van der Waals surface area (Å²) in [5, 5.41) is -0.174. The molecule has 96 valence electrons. The van der Waals surface area contributed by atoms with Crippen LogP contribution in [-0.2, 0) is 14.3 Å². The normalized spacial score (nSPS) is 20.9. The molecule has 1 aliphatic heterocycles. The minimum absolute atomic E-state index is 0.0597. The second-order valence-corrected chi connectivity index (χ2v) is 6.97. The van der Waals surface area contributed by atoms with E-state index in [9.17, 15) is 9.59 Å². The van der Waals surface area contributed by atoms with Crippen molar-refractivity contribution in [3.8, 4) is 0 Å². The summed E-state index contributed by atoms with van der Waals surface area (Å²) >= 11 is 6.47. The number of nitrogens with zero attached hydrogens (tertiary/aromatic N) is 1. The van der Waals surface area contributed by atoms with E-state index < -0.39 is 5.97 Å². The lowest BCUT2D eigenvalue weighted by molar-refractivity contribution is -0.144. The zero-order chi connectivity index (χ0) is 13.2. The zero-order valence-corrected chi connectivity index (χ0v) is 12.1. The molecular weight excluding hydrogens is 258 g/mol. The highest BCUT2D eigenvalue weighted by Gasteiger charge is 2.39. The van der Waals surface area contributed by atoms with Gasteiger partial charge in [-0.1, -0.05) is 44.8 Å². The van der Waals surface area contributed by atoms with Crippen molar-refractivity contribution < 1.29 is 14.3 Å². The van der Waals surface area contributed by atoms with Gasteiger partial charge in [-0.05, 0) is 11.8 Å². The number of carbonyl (C=O) groups is 2. The lowest BCUT2D eigenvalue weighted by Gasteiger charge is -2.21. The van der Waals surface area contributed by atoms with Crippen molar-refractivity contribution in [3.63, 3.8) is 0 Å². The van der Waals surface area contributed by atoms with Crippen LogP contribution in [0.5, 0.6) is 0 Å². The van der Waals surface area contributed by atoms with Crippen LogP contribution in [0, 0.1) is 5.41 Å². The Balaban J connectivity index is 2.69. The molecule has 1 aliphatic rings. The van der Waals surface area contributed by atoms with Gasteiger partial charge in [-0.2, -0.15) is 0 Å². The Hall–Kier alpha value is -0.620. The number of hydrogen-bond donors (Lipinski definition) is 0. The molecule has 0 aromatic heterocycles. The molecule has 0 saturated carbocycles. The van der Waals surface area contributed by atoms with Gasteiger partial charge in [0.15, 0.2) is 0 Å². The Labute approximate surface area is 111 Å². The summed E-state index contributed by atoms with van der Waals surface area (Å²) in [6, 6.07) is 0. The van der Waals surface area contributed by atoms with Gasteiger partial charge in [0.05, 0.1) is 12.4 Å². The van der Waals surface area contributed by atoms with Crippen molar-refractivity contribution in [2.75, 3.05) is 13.7 Å². The number of rotatable bonds is 3. The van der Waals surface area contributed by atoms with Crippen LogP contribution in [0.2, 0.25) is 0 Å². The molecule has 1 heterocycles. The number of thioether (sulfide) groups is 1. The fourth-order valence-corrected chi connectivity index (χ4v) is 3.36. The quantitative estimate of drug-likeness (QED) is 0.581. The Morgan fingerprint density at radius 2 is 2.12 bits per heavy atom. The number of esters is 1. The number of thiocarbonyl (C=S) groups is 1. The van der Waals surface area contributed by atoms with Crippen LogP contribution in [0.25, 0.3) is 0 Å². The fraction of sp³-hybridized carbons (Fsp3) is 0.727. The molecule has 0 spiro atoms. The topological polar surface area (TPSA) is 46.6 Å².